The van der Waals surface area contributed by atoms with Crippen molar-refractivity contribution in [2.24, 2.45) is 5.73 Å². The first kappa shape index (κ1) is 11.4. The van der Waals surface area contributed by atoms with Crippen molar-refractivity contribution in [2.75, 3.05) is 6.54 Å². The monoisotopic (exact) mass is 280 g/mol. The average molecular weight is 281 g/mol. The lowest BCUT2D eigenvalue weighted by molar-refractivity contribution is 0.485. The molecule has 0 spiro atoms. The van der Waals surface area contributed by atoms with Crippen molar-refractivity contribution in [3.63, 3.8) is 0 Å². The van der Waals surface area contributed by atoms with Gasteiger partial charge in [0, 0.05) is 22.5 Å². The molecule has 0 aliphatic carbocycles. The van der Waals surface area contributed by atoms with Crippen LogP contribution in [0.5, 0.6) is 0 Å². The van der Waals surface area contributed by atoms with Gasteiger partial charge in [0.15, 0.2) is 0 Å². The Morgan fingerprint density at radius 3 is 2.69 bits per heavy atom. The van der Waals surface area contributed by atoms with Crippen molar-refractivity contribution in [1.82, 2.24) is 4.98 Å². The number of nitrogens with zero attached hydrogens (tertiary/aromatic N) is 1. The molecule has 4 heteroatoms. The Morgan fingerprint density at radius 1 is 1.38 bits per heavy atom. The molecule has 0 radical (unpaired) electrons. The summed E-state index contributed by atoms with van der Waals surface area (Å²) in [7, 11) is 0. The SMILES string of the molecule is CC(CN)c1cnc(-c2ccc(Br)cc2)o1. The molecule has 0 aliphatic rings. The zero-order valence-corrected chi connectivity index (χ0v) is 10.6. The predicted octanol–water partition coefficient (Wildman–Crippen LogP) is 3.17. The Kier molecular flexibility index (Phi) is 3.41. The quantitative estimate of drug-likeness (QED) is 0.940. The Hall–Kier alpha value is -1.13. The maximum atomic E-state index is 5.66. The van der Waals surface area contributed by atoms with Crippen LogP contribution in [-0.4, -0.2) is 11.5 Å². The Balaban J connectivity index is 2.28. The molecule has 0 saturated carbocycles. The maximum absolute atomic E-state index is 5.66. The summed E-state index contributed by atoms with van der Waals surface area (Å²) < 4.78 is 6.70. The Morgan fingerprint density at radius 2 is 2.06 bits per heavy atom. The molecule has 2 rings (SSSR count). The number of halogens is 1. The molecule has 0 saturated heterocycles. The number of benzene rings is 1. The van der Waals surface area contributed by atoms with Crippen LogP contribution < -0.4 is 5.73 Å². The van der Waals surface area contributed by atoms with Gasteiger partial charge in [-0.25, -0.2) is 4.98 Å². The third-order valence-corrected chi connectivity index (χ3v) is 2.98. The fourth-order valence-electron chi connectivity index (χ4n) is 1.36. The van der Waals surface area contributed by atoms with E-state index in [9.17, 15) is 0 Å². The van der Waals surface area contributed by atoms with Gasteiger partial charge in [-0.2, -0.15) is 0 Å². The van der Waals surface area contributed by atoms with Gasteiger partial charge in [0.2, 0.25) is 5.89 Å². The topological polar surface area (TPSA) is 52.0 Å². The van der Waals surface area contributed by atoms with Crippen molar-refractivity contribution >= 4 is 15.9 Å². The molecule has 2 N–H and O–H groups in total. The Labute approximate surface area is 103 Å². The number of rotatable bonds is 3. The highest BCUT2D eigenvalue weighted by Crippen LogP contribution is 2.24. The third kappa shape index (κ3) is 2.33. The number of nitrogens with two attached hydrogens (primary N) is 1. The molecule has 1 atom stereocenters. The zero-order valence-electron chi connectivity index (χ0n) is 8.98. The number of hydrogen-bond acceptors (Lipinski definition) is 3. The van der Waals surface area contributed by atoms with Crippen molar-refractivity contribution in [3.05, 3.63) is 40.7 Å². The smallest absolute Gasteiger partial charge is 0.226 e. The molecule has 1 unspecified atom stereocenters. The van der Waals surface area contributed by atoms with E-state index in [2.05, 4.69) is 20.9 Å². The van der Waals surface area contributed by atoms with Gasteiger partial charge in [-0.3, -0.25) is 0 Å². The molecule has 84 valence electrons. The van der Waals surface area contributed by atoms with Gasteiger partial charge in [0.25, 0.3) is 0 Å². The molecular formula is C12H13BrN2O. The average Bonchev–Trinajstić information content (AvgIpc) is 2.78. The summed E-state index contributed by atoms with van der Waals surface area (Å²) in [5, 5.41) is 0. The highest BCUT2D eigenvalue weighted by atomic mass is 79.9. The van der Waals surface area contributed by atoms with Gasteiger partial charge < -0.3 is 10.2 Å². The van der Waals surface area contributed by atoms with Gasteiger partial charge in [-0.05, 0) is 24.3 Å². The molecule has 0 aliphatic heterocycles. The molecule has 1 heterocycles. The fourth-order valence-corrected chi connectivity index (χ4v) is 1.62. The van der Waals surface area contributed by atoms with E-state index < -0.39 is 0 Å². The van der Waals surface area contributed by atoms with E-state index in [0.29, 0.717) is 12.4 Å². The first-order valence-corrected chi connectivity index (χ1v) is 5.91. The normalized spacial score (nSPS) is 12.7. The maximum Gasteiger partial charge on any atom is 0.226 e. The van der Waals surface area contributed by atoms with Crippen molar-refractivity contribution in [2.45, 2.75) is 12.8 Å². The highest BCUT2D eigenvalue weighted by molar-refractivity contribution is 9.10. The van der Waals surface area contributed by atoms with Crippen molar-refractivity contribution in [3.8, 4) is 11.5 Å². The van der Waals surface area contributed by atoms with Crippen molar-refractivity contribution < 1.29 is 4.42 Å². The van der Waals surface area contributed by atoms with Crippen LogP contribution in [-0.2, 0) is 0 Å². The van der Waals surface area contributed by atoms with Gasteiger partial charge >= 0.3 is 0 Å². The summed E-state index contributed by atoms with van der Waals surface area (Å²) in [5.41, 5.74) is 6.55. The van der Waals surface area contributed by atoms with Crippen LogP contribution in [0.25, 0.3) is 11.5 Å². The summed E-state index contributed by atoms with van der Waals surface area (Å²) in [5.74, 6) is 1.68. The van der Waals surface area contributed by atoms with E-state index in [4.69, 9.17) is 10.2 Å². The number of hydrogen-bond donors (Lipinski definition) is 1. The van der Waals surface area contributed by atoms with Crippen LogP contribution >= 0.6 is 15.9 Å². The minimum absolute atomic E-state index is 0.205. The summed E-state index contributed by atoms with van der Waals surface area (Å²) in [6, 6.07) is 7.86. The molecule has 0 amide bonds. The van der Waals surface area contributed by atoms with Crippen LogP contribution in [0.2, 0.25) is 0 Å². The molecule has 1 aromatic carbocycles. The van der Waals surface area contributed by atoms with Gasteiger partial charge in [0.1, 0.15) is 5.76 Å². The van der Waals surface area contributed by atoms with Gasteiger partial charge in [-0.15, -0.1) is 0 Å². The molecule has 2 aromatic rings. The first-order valence-electron chi connectivity index (χ1n) is 5.12. The van der Waals surface area contributed by atoms with Gasteiger partial charge in [0.05, 0.1) is 6.20 Å². The van der Waals surface area contributed by atoms with Crippen LogP contribution in [0.1, 0.15) is 18.6 Å². The van der Waals surface area contributed by atoms with Crippen LogP contribution in [0.3, 0.4) is 0 Å². The Bertz CT molecular complexity index is 464. The summed E-state index contributed by atoms with van der Waals surface area (Å²) in [6.07, 6.45) is 1.74. The highest BCUT2D eigenvalue weighted by Gasteiger charge is 2.11. The second-order valence-corrected chi connectivity index (χ2v) is 4.63. The number of oxazole rings is 1. The first-order chi connectivity index (χ1) is 7.70. The molecule has 16 heavy (non-hydrogen) atoms. The molecule has 0 bridgehead atoms. The fraction of sp³-hybridized carbons (Fsp3) is 0.250. The van der Waals surface area contributed by atoms with Crippen molar-refractivity contribution in [1.29, 1.82) is 0 Å². The summed E-state index contributed by atoms with van der Waals surface area (Å²) >= 11 is 3.39. The minimum atomic E-state index is 0.205. The van der Waals surface area contributed by atoms with E-state index in [1.54, 1.807) is 6.20 Å². The van der Waals surface area contributed by atoms with E-state index in [1.165, 1.54) is 0 Å². The standard InChI is InChI=1S/C12H13BrN2O/c1-8(6-14)11-7-15-12(16-11)9-2-4-10(13)5-3-9/h2-5,7-8H,6,14H2,1H3. The van der Waals surface area contributed by atoms with Crippen LogP contribution in [0.15, 0.2) is 39.4 Å². The van der Waals surface area contributed by atoms with E-state index in [0.717, 1.165) is 15.8 Å². The van der Waals surface area contributed by atoms with Crippen LogP contribution in [0.4, 0.5) is 0 Å². The van der Waals surface area contributed by atoms with E-state index >= 15 is 0 Å². The van der Waals surface area contributed by atoms with Crippen LogP contribution in [0, 0.1) is 0 Å². The molecular weight excluding hydrogens is 268 g/mol. The zero-order chi connectivity index (χ0) is 11.5. The van der Waals surface area contributed by atoms with E-state index in [1.807, 2.05) is 31.2 Å². The molecule has 1 aromatic heterocycles. The summed E-state index contributed by atoms with van der Waals surface area (Å²) in [6.45, 7) is 2.58. The lowest BCUT2D eigenvalue weighted by Gasteiger charge is -2.02. The second kappa shape index (κ2) is 4.80. The van der Waals surface area contributed by atoms with Gasteiger partial charge in [-0.1, -0.05) is 22.9 Å². The second-order valence-electron chi connectivity index (χ2n) is 3.71. The minimum Gasteiger partial charge on any atom is -0.441 e. The molecule has 0 fully saturated rings. The number of aromatic nitrogens is 1. The lowest BCUT2D eigenvalue weighted by Crippen LogP contribution is -2.07. The van der Waals surface area contributed by atoms with E-state index in [-0.39, 0.29) is 5.92 Å². The molecule has 3 nitrogen and oxygen atoms in total. The predicted molar refractivity (Wildman–Crippen MR) is 67.1 cm³/mol. The lowest BCUT2D eigenvalue weighted by atomic mass is 10.1. The third-order valence-electron chi connectivity index (χ3n) is 2.45. The summed E-state index contributed by atoms with van der Waals surface area (Å²) in [4.78, 5) is 4.25. The largest absolute Gasteiger partial charge is 0.441 e.